The van der Waals surface area contributed by atoms with Crippen molar-refractivity contribution in [3.05, 3.63) is 34.4 Å². The summed E-state index contributed by atoms with van der Waals surface area (Å²) in [6.45, 7) is 7.88. The van der Waals surface area contributed by atoms with Gasteiger partial charge in [0.15, 0.2) is 0 Å². The van der Waals surface area contributed by atoms with Crippen LogP contribution in [0.4, 0.5) is 0 Å². The van der Waals surface area contributed by atoms with Gasteiger partial charge in [0, 0.05) is 22.3 Å². The Hall–Kier alpha value is -1.16. The van der Waals surface area contributed by atoms with Crippen LogP contribution in [0, 0.1) is 26.7 Å². The van der Waals surface area contributed by atoms with E-state index in [4.69, 9.17) is 0 Å². The van der Waals surface area contributed by atoms with Gasteiger partial charge >= 0.3 is 5.97 Å². The van der Waals surface area contributed by atoms with E-state index >= 15 is 0 Å². The van der Waals surface area contributed by atoms with Crippen molar-refractivity contribution < 1.29 is 13.7 Å². The average Bonchev–Trinajstić information content (AvgIpc) is 2.32. The van der Waals surface area contributed by atoms with Crippen LogP contribution in [0.2, 0.25) is 0 Å². The highest BCUT2D eigenvalue weighted by Crippen LogP contribution is 2.19. The highest BCUT2D eigenvalue weighted by atomic mass is 32.2. The number of methoxy groups -OCH3 is 1. The molecule has 19 heavy (non-hydrogen) atoms. The molecule has 1 rings (SSSR count). The molecule has 0 spiro atoms. The Balaban J connectivity index is 2.75. The minimum Gasteiger partial charge on any atom is -0.469 e. The largest absolute Gasteiger partial charge is 0.469 e. The Bertz CT molecular complexity index is 471. The van der Waals surface area contributed by atoms with E-state index in [0.717, 1.165) is 16.7 Å². The van der Waals surface area contributed by atoms with E-state index in [2.05, 4.69) is 23.8 Å². The minimum atomic E-state index is -1.05. The zero-order chi connectivity index (χ0) is 14.6. The average molecular weight is 282 g/mol. The van der Waals surface area contributed by atoms with Crippen molar-refractivity contribution in [3.8, 4) is 0 Å². The van der Waals surface area contributed by atoms with Crippen molar-refractivity contribution in [1.82, 2.24) is 0 Å². The third kappa shape index (κ3) is 4.46. The predicted octanol–water partition coefficient (Wildman–Crippen LogP) is 2.67. The second kappa shape index (κ2) is 6.85. The molecule has 1 aromatic rings. The van der Waals surface area contributed by atoms with Gasteiger partial charge in [0.1, 0.15) is 0 Å². The Morgan fingerprint density at radius 1 is 1.26 bits per heavy atom. The maximum atomic E-state index is 12.1. The minimum absolute atomic E-state index is 0.300. The van der Waals surface area contributed by atoms with Crippen molar-refractivity contribution >= 4 is 16.8 Å². The number of carbonyl (C=O) groups is 1. The normalized spacial score (nSPS) is 13.9. The summed E-state index contributed by atoms with van der Waals surface area (Å²) >= 11 is 0. The smallest absolute Gasteiger partial charge is 0.309 e. The zero-order valence-corrected chi connectivity index (χ0v) is 13.1. The Labute approximate surface area is 117 Å². The molecule has 1 aromatic carbocycles. The van der Waals surface area contributed by atoms with Gasteiger partial charge in [-0.15, -0.1) is 0 Å². The maximum absolute atomic E-state index is 12.1. The van der Waals surface area contributed by atoms with E-state index in [0.29, 0.717) is 11.5 Å². The number of benzene rings is 1. The van der Waals surface area contributed by atoms with Crippen LogP contribution < -0.4 is 0 Å². The molecule has 0 amide bonds. The molecule has 0 aliphatic rings. The fourth-order valence-corrected chi connectivity index (χ4v) is 3.79. The quantitative estimate of drug-likeness (QED) is 0.780. The predicted molar refractivity (Wildman–Crippen MR) is 78.5 cm³/mol. The van der Waals surface area contributed by atoms with Gasteiger partial charge in [0.25, 0.3) is 0 Å². The number of carbonyl (C=O) groups excluding carboxylic acids is 1. The molecule has 0 bridgehead atoms. The fraction of sp³-hybridized carbons (Fsp3) is 0.533. The van der Waals surface area contributed by atoms with E-state index in [9.17, 15) is 9.00 Å². The third-order valence-electron chi connectivity index (χ3n) is 3.19. The SMILES string of the molecule is COC(=O)C(C)CS(=O)Cc1c(C)cc(C)cc1C. The molecule has 0 N–H and O–H groups in total. The molecular formula is C15H22O3S. The van der Waals surface area contributed by atoms with Crippen molar-refractivity contribution in [2.24, 2.45) is 5.92 Å². The molecule has 0 saturated heterocycles. The second-order valence-corrected chi connectivity index (χ2v) is 6.55. The number of ether oxygens (including phenoxy) is 1. The lowest BCUT2D eigenvalue weighted by atomic mass is 10.0. The van der Waals surface area contributed by atoms with Crippen molar-refractivity contribution in [2.75, 3.05) is 12.9 Å². The van der Waals surface area contributed by atoms with Crippen LogP contribution >= 0.6 is 0 Å². The van der Waals surface area contributed by atoms with Crippen LogP contribution in [0.15, 0.2) is 12.1 Å². The van der Waals surface area contributed by atoms with Gasteiger partial charge in [-0.3, -0.25) is 9.00 Å². The Morgan fingerprint density at radius 2 is 1.79 bits per heavy atom. The summed E-state index contributed by atoms with van der Waals surface area (Å²) in [7, 11) is 0.306. The molecule has 2 atom stereocenters. The first kappa shape index (κ1) is 15.9. The summed E-state index contributed by atoms with van der Waals surface area (Å²) < 4.78 is 16.8. The molecule has 0 radical (unpaired) electrons. The Morgan fingerprint density at radius 3 is 2.26 bits per heavy atom. The van der Waals surface area contributed by atoms with Crippen molar-refractivity contribution in [3.63, 3.8) is 0 Å². The lowest BCUT2D eigenvalue weighted by molar-refractivity contribution is -0.144. The number of aryl methyl sites for hydroxylation is 3. The number of esters is 1. The summed E-state index contributed by atoms with van der Waals surface area (Å²) in [4.78, 5) is 11.3. The highest BCUT2D eigenvalue weighted by molar-refractivity contribution is 7.84. The summed E-state index contributed by atoms with van der Waals surface area (Å²) in [6.07, 6.45) is 0. The Kier molecular flexibility index (Phi) is 5.73. The maximum Gasteiger partial charge on any atom is 0.309 e. The van der Waals surface area contributed by atoms with E-state index < -0.39 is 10.8 Å². The zero-order valence-electron chi connectivity index (χ0n) is 12.3. The molecule has 0 saturated carbocycles. The number of hydrogen-bond donors (Lipinski definition) is 0. The van der Waals surface area contributed by atoms with Crippen LogP contribution in [0.5, 0.6) is 0 Å². The number of hydrogen-bond acceptors (Lipinski definition) is 3. The summed E-state index contributed by atoms with van der Waals surface area (Å²) in [6, 6.07) is 4.20. The molecule has 0 aliphatic carbocycles. The monoisotopic (exact) mass is 282 g/mol. The van der Waals surface area contributed by atoms with Crippen molar-refractivity contribution in [2.45, 2.75) is 33.4 Å². The van der Waals surface area contributed by atoms with Gasteiger partial charge in [0.2, 0.25) is 0 Å². The van der Waals surface area contributed by atoms with E-state index in [1.54, 1.807) is 6.92 Å². The first-order chi connectivity index (χ1) is 8.85. The summed E-state index contributed by atoms with van der Waals surface area (Å²) in [5.74, 6) is 0.223. The molecule has 0 fully saturated rings. The van der Waals surface area contributed by atoms with Gasteiger partial charge in [-0.25, -0.2) is 0 Å². The molecule has 106 valence electrons. The van der Waals surface area contributed by atoms with Crippen LogP contribution in [0.25, 0.3) is 0 Å². The van der Waals surface area contributed by atoms with Crippen LogP contribution in [0.3, 0.4) is 0 Å². The van der Waals surface area contributed by atoms with E-state index in [1.807, 2.05) is 13.8 Å². The lowest BCUT2D eigenvalue weighted by Crippen LogP contribution is -2.20. The molecule has 0 aliphatic heterocycles. The van der Waals surface area contributed by atoms with E-state index in [-0.39, 0.29) is 11.9 Å². The standard InChI is InChI=1S/C15H22O3S/c1-10-6-11(2)14(12(3)7-10)9-19(17)8-13(4)15(16)18-5/h6-7,13H,8-9H2,1-5H3. The molecule has 2 unspecified atom stereocenters. The topological polar surface area (TPSA) is 43.4 Å². The van der Waals surface area contributed by atoms with Crippen molar-refractivity contribution in [1.29, 1.82) is 0 Å². The molecule has 4 heteroatoms. The van der Waals surface area contributed by atoms with Gasteiger partial charge in [-0.05, 0) is 37.5 Å². The van der Waals surface area contributed by atoms with Gasteiger partial charge in [-0.1, -0.05) is 24.6 Å². The summed E-state index contributed by atoms with van der Waals surface area (Å²) in [5.41, 5.74) is 4.67. The highest BCUT2D eigenvalue weighted by Gasteiger charge is 2.17. The first-order valence-corrected chi connectivity index (χ1v) is 7.83. The van der Waals surface area contributed by atoms with Gasteiger partial charge < -0.3 is 4.74 Å². The van der Waals surface area contributed by atoms with E-state index in [1.165, 1.54) is 12.7 Å². The first-order valence-electron chi connectivity index (χ1n) is 6.34. The second-order valence-electron chi connectivity index (χ2n) is 5.05. The van der Waals surface area contributed by atoms with Gasteiger partial charge in [-0.2, -0.15) is 0 Å². The molecule has 3 nitrogen and oxygen atoms in total. The van der Waals surface area contributed by atoms with Crippen LogP contribution in [-0.2, 0) is 26.1 Å². The molecular weight excluding hydrogens is 260 g/mol. The number of rotatable bonds is 5. The van der Waals surface area contributed by atoms with Crippen LogP contribution in [-0.4, -0.2) is 23.0 Å². The fourth-order valence-electron chi connectivity index (χ4n) is 2.21. The van der Waals surface area contributed by atoms with Crippen LogP contribution in [0.1, 0.15) is 29.2 Å². The lowest BCUT2D eigenvalue weighted by Gasteiger charge is -2.13. The third-order valence-corrected chi connectivity index (χ3v) is 4.67. The molecule has 0 heterocycles. The van der Waals surface area contributed by atoms with Gasteiger partial charge in [0.05, 0.1) is 13.0 Å². The molecule has 0 aromatic heterocycles. The summed E-state index contributed by atoms with van der Waals surface area (Å²) in [5, 5.41) is 0.